The predicted molar refractivity (Wildman–Crippen MR) is 129 cm³/mol. The number of anilines is 1. The Bertz CT molecular complexity index is 1440. The summed E-state index contributed by atoms with van der Waals surface area (Å²) in [6.07, 6.45) is 1.36. The molecular formula is C25H25N3O7. The molecule has 10 nitrogen and oxygen atoms in total. The minimum absolute atomic E-state index is 0.0692. The number of imidazole rings is 1. The fourth-order valence-electron chi connectivity index (χ4n) is 4.10. The number of H-pyrrole nitrogens is 1. The molecule has 2 aromatic heterocycles. The van der Waals surface area contributed by atoms with Gasteiger partial charge in [0.2, 0.25) is 11.7 Å². The van der Waals surface area contributed by atoms with E-state index in [0.717, 1.165) is 11.0 Å². The van der Waals surface area contributed by atoms with E-state index in [2.05, 4.69) is 15.3 Å². The van der Waals surface area contributed by atoms with Crippen LogP contribution in [0.4, 0.5) is 5.69 Å². The second-order valence-electron chi connectivity index (χ2n) is 7.81. The van der Waals surface area contributed by atoms with E-state index in [9.17, 15) is 14.7 Å². The summed E-state index contributed by atoms with van der Waals surface area (Å²) in [5.41, 5.74) is 1.69. The van der Waals surface area contributed by atoms with E-state index in [0.29, 0.717) is 22.7 Å². The van der Waals surface area contributed by atoms with E-state index in [1.807, 2.05) is 0 Å². The van der Waals surface area contributed by atoms with Gasteiger partial charge in [-0.2, -0.15) is 0 Å². The molecule has 0 aliphatic heterocycles. The van der Waals surface area contributed by atoms with Crippen LogP contribution in [0.5, 0.6) is 23.0 Å². The number of carbonyl (C=O) groups is 1. The quantitative estimate of drug-likeness (QED) is 0.348. The van der Waals surface area contributed by atoms with Crippen molar-refractivity contribution in [1.82, 2.24) is 9.97 Å². The van der Waals surface area contributed by atoms with Crippen molar-refractivity contribution in [1.29, 1.82) is 0 Å². The van der Waals surface area contributed by atoms with E-state index < -0.39 is 17.5 Å². The lowest BCUT2D eigenvalue weighted by atomic mass is 9.87. The first kappa shape index (κ1) is 23.7. The number of aromatic hydroxyl groups is 1. The van der Waals surface area contributed by atoms with Crippen molar-refractivity contribution in [2.75, 3.05) is 26.6 Å². The van der Waals surface area contributed by atoms with Gasteiger partial charge in [-0.05, 0) is 31.2 Å². The summed E-state index contributed by atoms with van der Waals surface area (Å²) in [5, 5.41) is 13.5. The lowest BCUT2D eigenvalue weighted by Gasteiger charge is -2.22. The zero-order valence-corrected chi connectivity index (χ0v) is 19.7. The molecule has 3 N–H and O–H groups in total. The first-order valence-corrected chi connectivity index (χ1v) is 10.7. The number of methoxy groups -OCH3 is 3. The van der Waals surface area contributed by atoms with Crippen LogP contribution in [0.2, 0.25) is 0 Å². The molecule has 2 aromatic carbocycles. The molecule has 0 saturated heterocycles. The number of rotatable bonds is 8. The standard InChI is InChI=1S/C25H25N3O7/c1-13-9-19(29)22(25(31)35-13)16(15-6-8-20(32-2)24(34-4)23(15)33-3)11-21(30)28-14-5-7-17-18(10-14)27-12-26-17/h5-10,12,16,29H,11H2,1-4H3,(H,26,27)(H,28,30). The Morgan fingerprint density at radius 2 is 1.89 bits per heavy atom. The number of ether oxygens (including phenoxy) is 3. The zero-order valence-electron chi connectivity index (χ0n) is 19.7. The Kier molecular flexibility index (Phi) is 6.63. The summed E-state index contributed by atoms with van der Waals surface area (Å²) >= 11 is 0. The number of aromatic nitrogens is 2. The molecule has 0 saturated carbocycles. The highest BCUT2D eigenvalue weighted by molar-refractivity contribution is 5.93. The van der Waals surface area contributed by atoms with Gasteiger partial charge in [-0.15, -0.1) is 0 Å². The summed E-state index contributed by atoms with van der Waals surface area (Å²) in [5.74, 6) is -0.396. The van der Waals surface area contributed by atoms with Crippen LogP contribution >= 0.6 is 0 Å². The minimum atomic E-state index is -0.919. The van der Waals surface area contributed by atoms with Gasteiger partial charge in [0.15, 0.2) is 11.5 Å². The number of fused-ring (bicyclic) bond motifs is 1. The smallest absolute Gasteiger partial charge is 0.343 e. The molecule has 1 atom stereocenters. The van der Waals surface area contributed by atoms with Crippen molar-refractivity contribution in [2.45, 2.75) is 19.3 Å². The van der Waals surface area contributed by atoms with Crippen molar-refractivity contribution in [3.05, 3.63) is 70.0 Å². The van der Waals surface area contributed by atoms with Gasteiger partial charge in [-0.25, -0.2) is 9.78 Å². The Hall–Kier alpha value is -4.47. The van der Waals surface area contributed by atoms with Crippen LogP contribution < -0.4 is 25.2 Å². The molecule has 2 heterocycles. The number of nitrogens with zero attached hydrogens (tertiary/aromatic N) is 1. The number of benzene rings is 2. The molecule has 0 radical (unpaired) electrons. The average molecular weight is 479 g/mol. The predicted octanol–water partition coefficient (Wildman–Crippen LogP) is 3.72. The number of nitrogens with one attached hydrogen (secondary N) is 2. The van der Waals surface area contributed by atoms with Crippen molar-refractivity contribution in [2.24, 2.45) is 0 Å². The molecule has 10 heteroatoms. The van der Waals surface area contributed by atoms with E-state index in [4.69, 9.17) is 18.6 Å². The molecular weight excluding hydrogens is 454 g/mol. The van der Waals surface area contributed by atoms with E-state index in [1.165, 1.54) is 27.4 Å². The van der Waals surface area contributed by atoms with Crippen LogP contribution in [-0.2, 0) is 4.79 Å². The van der Waals surface area contributed by atoms with Gasteiger partial charge >= 0.3 is 5.63 Å². The van der Waals surface area contributed by atoms with Gasteiger partial charge in [-0.1, -0.05) is 6.07 Å². The third-order valence-electron chi connectivity index (χ3n) is 5.64. The highest BCUT2D eigenvalue weighted by atomic mass is 16.5. The number of amides is 1. The normalized spacial score (nSPS) is 11.8. The van der Waals surface area contributed by atoms with Crippen LogP contribution in [0.1, 0.15) is 29.2 Å². The molecule has 1 amide bonds. The Balaban J connectivity index is 1.78. The number of carbonyl (C=O) groups excluding carboxylic acids is 1. The third-order valence-corrected chi connectivity index (χ3v) is 5.64. The van der Waals surface area contributed by atoms with Crippen molar-refractivity contribution in [3.63, 3.8) is 0 Å². The molecule has 4 rings (SSSR count). The molecule has 182 valence electrons. The summed E-state index contributed by atoms with van der Waals surface area (Å²) in [6.45, 7) is 1.55. The van der Waals surface area contributed by atoms with Gasteiger partial charge < -0.3 is 34.0 Å². The molecule has 4 aromatic rings. The topological polar surface area (TPSA) is 136 Å². The second-order valence-corrected chi connectivity index (χ2v) is 7.81. The monoisotopic (exact) mass is 479 g/mol. The fourth-order valence-corrected chi connectivity index (χ4v) is 4.10. The molecule has 0 aliphatic rings. The lowest BCUT2D eigenvalue weighted by Crippen LogP contribution is -2.21. The van der Waals surface area contributed by atoms with Gasteiger partial charge in [0.1, 0.15) is 11.5 Å². The van der Waals surface area contributed by atoms with E-state index in [1.54, 1.807) is 43.6 Å². The summed E-state index contributed by atoms with van der Waals surface area (Å²) in [4.78, 5) is 33.2. The average Bonchev–Trinajstić information content (AvgIpc) is 3.29. The maximum Gasteiger partial charge on any atom is 0.343 e. The van der Waals surface area contributed by atoms with Crippen LogP contribution in [-0.4, -0.2) is 42.3 Å². The van der Waals surface area contributed by atoms with E-state index >= 15 is 0 Å². The SMILES string of the molecule is COc1ccc(C(CC(=O)Nc2ccc3nc[nH]c3c2)c2c(O)cc(C)oc2=O)c(OC)c1OC. The Morgan fingerprint density at radius 3 is 2.57 bits per heavy atom. The first-order valence-electron chi connectivity index (χ1n) is 10.7. The van der Waals surface area contributed by atoms with Crippen LogP contribution in [0, 0.1) is 6.92 Å². The largest absolute Gasteiger partial charge is 0.507 e. The lowest BCUT2D eigenvalue weighted by molar-refractivity contribution is -0.116. The molecule has 0 aliphatic carbocycles. The minimum Gasteiger partial charge on any atom is -0.507 e. The van der Waals surface area contributed by atoms with Crippen LogP contribution in [0.3, 0.4) is 0 Å². The van der Waals surface area contributed by atoms with E-state index in [-0.39, 0.29) is 29.2 Å². The molecule has 35 heavy (non-hydrogen) atoms. The van der Waals surface area contributed by atoms with Gasteiger partial charge in [0, 0.05) is 29.7 Å². The fraction of sp³-hybridized carbons (Fsp3) is 0.240. The summed E-state index contributed by atoms with van der Waals surface area (Å²) in [6, 6.07) is 9.89. The maximum atomic E-state index is 13.2. The first-order chi connectivity index (χ1) is 16.9. The van der Waals surface area contributed by atoms with Gasteiger partial charge in [-0.3, -0.25) is 4.79 Å². The van der Waals surface area contributed by atoms with Crippen molar-refractivity contribution >= 4 is 22.6 Å². The maximum absolute atomic E-state index is 13.2. The summed E-state index contributed by atoms with van der Waals surface area (Å²) in [7, 11) is 4.38. The number of aryl methyl sites for hydroxylation is 1. The van der Waals surface area contributed by atoms with Gasteiger partial charge in [0.25, 0.3) is 0 Å². The van der Waals surface area contributed by atoms with Crippen LogP contribution in [0.25, 0.3) is 11.0 Å². The Morgan fingerprint density at radius 1 is 1.11 bits per heavy atom. The Labute approximate surface area is 200 Å². The second kappa shape index (κ2) is 9.80. The highest BCUT2D eigenvalue weighted by Crippen LogP contribution is 2.46. The number of aromatic amines is 1. The molecule has 0 bridgehead atoms. The van der Waals surface area contributed by atoms with Crippen molar-refractivity contribution in [3.8, 4) is 23.0 Å². The van der Waals surface area contributed by atoms with Crippen molar-refractivity contribution < 1.29 is 28.5 Å². The molecule has 0 spiro atoms. The summed E-state index contributed by atoms with van der Waals surface area (Å²) < 4.78 is 21.7. The number of hydrogen-bond acceptors (Lipinski definition) is 8. The number of hydrogen-bond donors (Lipinski definition) is 3. The van der Waals surface area contributed by atoms with Crippen LogP contribution in [0.15, 0.2) is 51.9 Å². The molecule has 0 fully saturated rings. The highest BCUT2D eigenvalue weighted by Gasteiger charge is 2.30. The molecule has 1 unspecified atom stereocenters. The zero-order chi connectivity index (χ0) is 25.1. The third kappa shape index (κ3) is 4.63. The van der Waals surface area contributed by atoms with Gasteiger partial charge in [0.05, 0.1) is 44.3 Å².